The molecule has 31 heavy (non-hydrogen) atoms. The predicted octanol–water partition coefficient (Wildman–Crippen LogP) is 5.92. The van der Waals surface area contributed by atoms with Crippen LogP contribution in [-0.2, 0) is 6.54 Å². The Kier molecular flexibility index (Phi) is 4.78. The van der Waals surface area contributed by atoms with E-state index in [-0.39, 0.29) is 17.1 Å². The number of halogens is 1. The fraction of sp³-hybridized carbons (Fsp3) is 0.154. The molecular weight excluding hydrogens is 454 g/mol. The van der Waals surface area contributed by atoms with Crippen molar-refractivity contribution in [1.82, 2.24) is 4.90 Å². The normalized spacial score (nSPS) is 15.5. The first-order chi connectivity index (χ1) is 14.9. The Hall–Kier alpha value is -3.18. The smallest absolute Gasteiger partial charge is 0.291 e. The number of aryl methyl sites for hydroxylation is 2. The van der Waals surface area contributed by atoms with Crippen LogP contribution in [0, 0.1) is 13.8 Å². The summed E-state index contributed by atoms with van der Waals surface area (Å²) in [4.78, 5) is 28.8. The van der Waals surface area contributed by atoms with Crippen molar-refractivity contribution in [3.63, 3.8) is 0 Å². The minimum Gasteiger partial charge on any atom is -0.450 e. The summed E-state index contributed by atoms with van der Waals surface area (Å²) >= 11 is 3.47. The van der Waals surface area contributed by atoms with Crippen molar-refractivity contribution in [2.24, 2.45) is 0 Å². The van der Waals surface area contributed by atoms with Crippen LogP contribution < -0.4 is 5.43 Å². The van der Waals surface area contributed by atoms with E-state index in [4.69, 9.17) is 4.42 Å². The molecule has 1 amide bonds. The van der Waals surface area contributed by atoms with Gasteiger partial charge in [-0.15, -0.1) is 0 Å². The Balaban J connectivity index is 1.75. The third-order valence-corrected chi connectivity index (χ3v) is 6.49. The van der Waals surface area contributed by atoms with Gasteiger partial charge in [-0.25, -0.2) is 0 Å². The van der Waals surface area contributed by atoms with E-state index in [1.165, 1.54) is 0 Å². The molecule has 0 fully saturated rings. The zero-order valence-electron chi connectivity index (χ0n) is 17.2. The molecule has 1 atom stereocenters. The van der Waals surface area contributed by atoms with Crippen LogP contribution in [0.4, 0.5) is 0 Å². The Bertz CT molecular complexity index is 1370. The molecule has 3 aromatic carbocycles. The number of rotatable bonds is 3. The molecule has 4 nitrogen and oxygen atoms in total. The van der Waals surface area contributed by atoms with Gasteiger partial charge in [0.1, 0.15) is 5.58 Å². The molecule has 4 aromatic rings. The van der Waals surface area contributed by atoms with Crippen molar-refractivity contribution in [1.29, 1.82) is 0 Å². The first-order valence-corrected chi connectivity index (χ1v) is 10.9. The number of amides is 1. The molecule has 0 aliphatic carbocycles. The molecule has 0 saturated carbocycles. The number of fused-ring (bicyclic) bond motifs is 2. The van der Waals surface area contributed by atoms with Crippen LogP contribution >= 0.6 is 15.9 Å². The second-order valence-electron chi connectivity index (χ2n) is 7.98. The number of carbonyl (C=O) groups is 1. The number of hydrogen-bond acceptors (Lipinski definition) is 3. The number of benzene rings is 3. The molecule has 0 saturated heterocycles. The fourth-order valence-electron chi connectivity index (χ4n) is 4.21. The molecule has 0 N–H and O–H groups in total. The fourth-order valence-corrected chi connectivity index (χ4v) is 4.47. The van der Waals surface area contributed by atoms with Crippen LogP contribution in [0.15, 0.2) is 80.4 Å². The van der Waals surface area contributed by atoms with Gasteiger partial charge >= 0.3 is 0 Å². The van der Waals surface area contributed by atoms with Crippen LogP contribution in [0.3, 0.4) is 0 Å². The van der Waals surface area contributed by atoms with E-state index in [1.807, 2.05) is 80.6 Å². The second kappa shape index (κ2) is 7.50. The third-order valence-electron chi connectivity index (χ3n) is 5.96. The maximum Gasteiger partial charge on any atom is 0.291 e. The molecule has 0 radical (unpaired) electrons. The molecule has 5 rings (SSSR count). The van der Waals surface area contributed by atoms with Crippen molar-refractivity contribution >= 4 is 32.8 Å². The summed E-state index contributed by atoms with van der Waals surface area (Å²) in [6.07, 6.45) is 0. The molecule has 1 aliphatic heterocycles. The highest BCUT2D eigenvalue weighted by atomic mass is 79.9. The lowest BCUT2D eigenvalue weighted by atomic mass is 9.97. The van der Waals surface area contributed by atoms with E-state index >= 15 is 0 Å². The topological polar surface area (TPSA) is 50.5 Å². The lowest BCUT2D eigenvalue weighted by Crippen LogP contribution is -2.29. The molecule has 1 aliphatic rings. The van der Waals surface area contributed by atoms with Gasteiger partial charge in [-0.2, -0.15) is 0 Å². The van der Waals surface area contributed by atoms with Crippen LogP contribution in [-0.4, -0.2) is 10.8 Å². The van der Waals surface area contributed by atoms with Gasteiger partial charge < -0.3 is 9.32 Å². The molecule has 154 valence electrons. The Morgan fingerprint density at radius 1 is 0.935 bits per heavy atom. The largest absolute Gasteiger partial charge is 0.450 e. The van der Waals surface area contributed by atoms with E-state index in [2.05, 4.69) is 15.9 Å². The molecule has 1 aromatic heterocycles. The monoisotopic (exact) mass is 473 g/mol. The third kappa shape index (κ3) is 3.29. The van der Waals surface area contributed by atoms with Gasteiger partial charge in [0, 0.05) is 11.0 Å². The lowest BCUT2D eigenvalue weighted by Gasteiger charge is -2.25. The van der Waals surface area contributed by atoms with Crippen LogP contribution in [0.1, 0.15) is 44.4 Å². The quantitative estimate of drug-likeness (QED) is 0.371. The summed E-state index contributed by atoms with van der Waals surface area (Å²) in [5.74, 6) is -0.117. The Labute approximate surface area is 188 Å². The highest BCUT2D eigenvalue weighted by Crippen LogP contribution is 2.39. The highest BCUT2D eigenvalue weighted by molar-refractivity contribution is 9.10. The summed E-state index contributed by atoms with van der Waals surface area (Å²) in [5.41, 5.74) is 4.64. The zero-order chi connectivity index (χ0) is 21.7. The minimum absolute atomic E-state index is 0.142. The summed E-state index contributed by atoms with van der Waals surface area (Å²) in [7, 11) is 0. The van der Waals surface area contributed by atoms with E-state index in [1.54, 1.807) is 4.90 Å². The van der Waals surface area contributed by atoms with Gasteiger partial charge in [0.2, 0.25) is 5.76 Å². The van der Waals surface area contributed by atoms with Gasteiger partial charge in [0.15, 0.2) is 5.43 Å². The Morgan fingerprint density at radius 3 is 2.32 bits per heavy atom. The number of hydrogen-bond donors (Lipinski definition) is 0. The van der Waals surface area contributed by atoms with Crippen LogP contribution in [0.2, 0.25) is 0 Å². The molecule has 2 heterocycles. The maximum absolute atomic E-state index is 13.6. The average Bonchev–Trinajstić information content (AvgIpc) is 3.03. The van der Waals surface area contributed by atoms with Crippen LogP contribution in [0.25, 0.3) is 11.0 Å². The SMILES string of the molecule is Cc1cc2oc3c(c(=O)c2cc1C)C(c1ccc(Br)cc1)N(Cc1ccccc1)C3=O. The predicted molar refractivity (Wildman–Crippen MR) is 124 cm³/mol. The summed E-state index contributed by atoms with van der Waals surface area (Å²) in [6.45, 7) is 4.33. The van der Waals surface area contributed by atoms with Crippen molar-refractivity contribution in [2.45, 2.75) is 26.4 Å². The van der Waals surface area contributed by atoms with E-state index in [0.717, 1.165) is 26.7 Å². The number of nitrogens with zero attached hydrogens (tertiary/aromatic N) is 1. The summed E-state index contributed by atoms with van der Waals surface area (Å²) < 4.78 is 7.01. The molecule has 0 spiro atoms. The van der Waals surface area contributed by atoms with Gasteiger partial charge in [0.05, 0.1) is 17.0 Å². The summed E-state index contributed by atoms with van der Waals surface area (Å²) in [5, 5.41) is 0.512. The van der Waals surface area contributed by atoms with E-state index < -0.39 is 6.04 Å². The Morgan fingerprint density at radius 2 is 1.61 bits per heavy atom. The van der Waals surface area contributed by atoms with Gasteiger partial charge in [0.25, 0.3) is 5.91 Å². The molecular formula is C26H20BrNO3. The minimum atomic E-state index is -0.502. The van der Waals surface area contributed by atoms with Crippen molar-refractivity contribution in [2.75, 3.05) is 0 Å². The van der Waals surface area contributed by atoms with Gasteiger partial charge in [-0.1, -0.05) is 58.4 Å². The molecule has 0 bridgehead atoms. The van der Waals surface area contributed by atoms with Crippen LogP contribution in [0.5, 0.6) is 0 Å². The second-order valence-corrected chi connectivity index (χ2v) is 8.90. The number of carbonyl (C=O) groups excluding carboxylic acids is 1. The van der Waals surface area contributed by atoms with Gasteiger partial charge in [-0.05, 0) is 60.4 Å². The first kappa shape index (κ1) is 19.8. The van der Waals surface area contributed by atoms with E-state index in [0.29, 0.717) is 23.1 Å². The maximum atomic E-state index is 13.6. The standard InChI is InChI=1S/C26H20BrNO3/c1-15-12-20-21(13-16(15)2)31-25-22(24(20)29)23(18-8-10-19(27)11-9-18)28(26(25)30)14-17-6-4-3-5-7-17/h3-13,23H,14H2,1-2H3. The van der Waals surface area contributed by atoms with Crippen molar-refractivity contribution in [3.8, 4) is 0 Å². The zero-order valence-corrected chi connectivity index (χ0v) is 18.8. The van der Waals surface area contributed by atoms with Gasteiger partial charge in [-0.3, -0.25) is 9.59 Å². The first-order valence-electron chi connectivity index (χ1n) is 10.1. The van der Waals surface area contributed by atoms with E-state index in [9.17, 15) is 9.59 Å². The van der Waals surface area contributed by atoms with Crippen molar-refractivity contribution in [3.05, 3.63) is 115 Å². The summed E-state index contributed by atoms with van der Waals surface area (Å²) in [6, 6.07) is 20.7. The van der Waals surface area contributed by atoms with Crippen molar-refractivity contribution < 1.29 is 9.21 Å². The molecule has 1 unspecified atom stereocenters. The average molecular weight is 474 g/mol. The molecule has 5 heteroatoms. The lowest BCUT2D eigenvalue weighted by molar-refractivity contribution is 0.0714. The highest BCUT2D eigenvalue weighted by Gasteiger charge is 2.42.